The summed E-state index contributed by atoms with van der Waals surface area (Å²) in [6.07, 6.45) is 13.9. The summed E-state index contributed by atoms with van der Waals surface area (Å²) < 4.78 is 7.63. The van der Waals surface area contributed by atoms with Crippen LogP contribution in [0.2, 0.25) is 0 Å². The summed E-state index contributed by atoms with van der Waals surface area (Å²) in [4.78, 5) is 0. The van der Waals surface area contributed by atoms with Crippen molar-refractivity contribution >= 4 is 65.5 Å². The molecular formula is C36H26N2S. The average molecular weight is 519 g/mol. The summed E-state index contributed by atoms with van der Waals surface area (Å²) in [6.45, 7) is 0. The second-order valence-corrected chi connectivity index (χ2v) is 11.9. The number of para-hydroxylation sites is 1. The molecule has 0 amide bonds. The number of allylic oxidation sites excluding steroid dienone is 2. The van der Waals surface area contributed by atoms with E-state index in [1.807, 2.05) is 11.3 Å². The molecule has 0 saturated carbocycles. The van der Waals surface area contributed by atoms with Crippen molar-refractivity contribution in [2.45, 2.75) is 25.7 Å². The van der Waals surface area contributed by atoms with Crippen molar-refractivity contribution in [3.8, 4) is 11.4 Å². The summed E-state index contributed by atoms with van der Waals surface area (Å²) >= 11 is 1.87. The van der Waals surface area contributed by atoms with Gasteiger partial charge in [-0.3, -0.25) is 0 Å². The van der Waals surface area contributed by atoms with E-state index in [0.717, 1.165) is 25.7 Å². The molecule has 0 bridgehead atoms. The highest BCUT2D eigenvalue weighted by molar-refractivity contribution is 7.25. The van der Waals surface area contributed by atoms with Gasteiger partial charge in [0, 0.05) is 53.7 Å². The van der Waals surface area contributed by atoms with Crippen LogP contribution in [0.15, 0.2) is 97.1 Å². The fraction of sp³-hybridized carbons (Fsp3) is 0.111. The Labute approximate surface area is 230 Å². The van der Waals surface area contributed by atoms with E-state index in [4.69, 9.17) is 0 Å². The zero-order valence-electron chi connectivity index (χ0n) is 21.5. The normalized spacial score (nSPS) is 14.6. The molecule has 9 rings (SSSR count). The van der Waals surface area contributed by atoms with Gasteiger partial charge in [0.1, 0.15) is 0 Å². The van der Waals surface area contributed by atoms with E-state index in [0.29, 0.717) is 0 Å². The molecule has 0 unspecified atom stereocenters. The first-order valence-electron chi connectivity index (χ1n) is 13.9. The highest BCUT2D eigenvalue weighted by atomic mass is 32.1. The monoisotopic (exact) mass is 518 g/mol. The minimum absolute atomic E-state index is 1.14. The third-order valence-electron chi connectivity index (χ3n) is 8.67. The first kappa shape index (κ1) is 21.6. The van der Waals surface area contributed by atoms with Crippen LogP contribution in [0.25, 0.3) is 65.5 Å². The lowest BCUT2D eigenvalue weighted by Crippen LogP contribution is -2.02. The van der Waals surface area contributed by atoms with Crippen LogP contribution in [0.5, 0.6) is 0 Å². The molecule has 3 aromatic heterocycles. The van der Waals surface area contributed by atoms with Crippen molar-refractivity contribution in [1.29, 1.82) is 0 Å². The average Bonchev–Trinajstić information content (AvgIpc) is 3.64. The third-order valence-corrected chi connectivity index (χ3v) is 9.82. The molecule has 2 aliphatic carbocycles. The van der Waals surface area contributed by atoms with E-state index in [2.05, 4.69) is 118 Å². The van der Waals surface area contributed by atoms with Gasteiger partial charge in [-0.1, -0.05) is 48.6 Å². The molecule has 3 heterocycles. The first-order chi connectivity index (χ1) is 19.3. The molecule has 0 radical (unpaired) electrons. The van der Waals surface area contributed by atoms with Crippen LogP contribution in [0.4, 0.5) is 0 Å². The van der Waals surface area contributed by atoms with E-state index < -0.39 is 0 Å². The fourth-order valence-corrected chi connectivity index (χ4v) is 8.06. The van der Waals surface area contributed by atoms with Gasteiger partial charge in [0.25, 0.3) is 0 Å². The zero-order chi connectivity index (χ0) is 25.5. The van der Waals surface area contributed by atoms with Crippen LogP contribution >= 0.6 is 11.3 Å². The number of hydrogen-bond donors (Lipinski definition) is 0. The molecule has 0 saturated heterocycles. The van der Waals surface area contributed by atoms with E-state index in [-0.39, 0.29) is 0 Å². The van der Waals surface area contributed by atoms with Crippen molar-refractivity contribution in [3.05, 3.63) is 120 Å². The Hall–Kier alpha value is -4.34. The van der Waals surface area contributed by atoms with Gasteiger partial charge in [-0.15, -0.1) is 11.3 Å². The van der Waals surface area contributed by atoms with Gasteiger partial charge in [0.05, 0.1) is 11.0 Å². The molecule has 4 aromatic carbocycles. The summed E-state index contributed by atoms with van der Waals surface area (Å²) in [5.74, 6) is 0. The van der Waals surface area contributed by atoms with E-state index in [1.54, 1.807) is 11.1 Å². The highest BCUT2D eigenvalue weighted by Crippen LogP contribution is 2.40. The van der Waals surface area contributed by atoms with Gasteiger partial charge in [-0.2, -0.15) is 0 Å². The number of nitrogens with zero attached hydrogens (tertiary/aromatic N) is 2. The molecule has 3 heteroatoms. The maximum absolute atomic E-state index is 2.51. The molecule has 2 aliphatic rings. The molecule has 0 N–H and O–H groups in total. The minimum Gasteiger partial charge on any atom is -0.310 e. The van der Waals surface area contributed by atoms with Gasteiger partial charge < -0.3 is 9.13 Å². The Morgan fingerprint density at radius 2 is 1.13 bits per heavy atom. The van der Waals surface area contributed by atoms with Gasteiger partial charge in [0.2, 0.25) is 0 Å². The van der Waals surface area contributed by atoms with Crippen LogP contribution in [-0.2, 0) is 12.8 Å². The fourth-order valence-electron chi connectivity index (χ4n) is 6.97. The molecule has 39 heavy (non-hydrogen) atoms. The molecule has 186 valence electrons. The molecule has 0 aliphatic heterocycles. The van der Waals surface area contributed by atoms with Gasteiger partial charge in [-0.25, -0.2) is 0 Å². The Morgan fingerprint density at radius 1 is 0.513 bits per heavy atom. The highest BCUT2D eigenvalue weighted by Gasteiger charge is 2.24. The van der Waals surface area contributed by atoms with Crippen LogP contribution < -0.4 is 0 Å². The molecule has 2 nitrogen and oxygen atoms in total. The Morgan fingerprint density at radius 3 is 1.95 bits per heavy atom. The van der Waals surface area contributed by atoms with Crippen LogP contribution in [0.3, 0.4) is 0 Å². The van der Waals surface area contributed by atoms with Crippen molar-refractivity contribution < 1.29 is 0 Å². The number of benzene rings is 4. The lowest BCUT2D eigenvalue weighted by Gasteiger charge is -2.14. The summed E-state index contributed by atoms with van der Waals surface area (Å²) in [6, 6.07) is 31.6. The number of hydrogen-bond acceptors (Lipinski definition) is 1. The van der Waals surface area contributed by atoms with Gasteiger partial charge >= 0.3 is 0 Å². The van der Waals surface area contributed by atoms with E-state index in [1.165, 1.54) is 64.7 Å². The van der Waals surface area contributed by atoms with Crippen molar-refractivity contribution in [1.82, 2.24) is 9.13 Å². The third kappa shape index (κ3) is 3.02. The molecule has 0 fully saturated rings. The van der Waals surface area contributed by atoms with Crippen LogP contribution in [-0.4, -0.2) is 9.13 Å². The standard InChI is InChI=1S/C36H26N2S/c1-5-13-31-25(9-1)26-10-2-6-14-32(26)37(31)23-17-19-34-29(21-23)27-11-3-7-15-33(27)38(34)24-18-20-36-30(22-24)28-12-4-8-16-35(28)39-36/h3-8,11-22H,1-2,9-10H2. The lowest BCUT2D eigenvalue weighted by molar-refractivity contribution is 0.922. The van der Waals surface area contributed by atoms with Crippen molar-refractivity contribution in [2.24, 2.45) is 0 Å². The predicted molar refractivity (Wildman–Crippen MR) is 168 cm³/mol. The maximum atomic E-state index is 2.51. The van der Waals surface area contributed by atoms with Crippen molar-refractivity contribution in [3.63, 3.8) is 0 Å². The molecule has 7 aromatic rings. The summed E-state index contributed by atoms with van der Waals surface area (Å²) in [7, 11) is 0. The molecular weight excluding hydrogens is 492 g/mol. The predicted octanol–water partition coefficient (Wildman–Crippen LogP) is 9.86. The van der Waals surface area contributed by atoms with Crippen molar-refractivity contribution in [2.75, 3.05) is 0 Å². The number of thiophene rings is 1. The number of aromatic nitrogens is 2. The van der Waals surface area contributed by atoms with Crippen LogP contribution in [0, 0.1) is 0 Å². The SMILES string of the molecule is C1=Cc2c(c3c(n2-c2ccc4c(c2)c2ccccc2n4-c2ccc4sc5ccccc5c4c2)C=CCC3)CC1. The Balaban J connectivity index is 1.31. The number of rotatable bonds is 2. The lowest BCUT2D eigenvalue weighted by atomic mass is 9.94. The minimum atomic E-state index is 1.14. The molecule has 0 atom stereocenters. The topological polar surface area (TPSA) is 9.86 Å². The summed E-state index contributed by atoms with van der Waals surface area (Å²) in [5, 5.41) is 5.27. The number of fused-ring (bicyclic) bond motifs is 9. The Kier molecular flexibility index (Phi) is 4.47. The Bertz CT molecular complexity index is 2140. The smallest absolute Gasteiger partial charge is 0.0542 e. The second-order valence-electron chi connectivity index (χ2n) is 10.8. The molecule has 0 spiro atoms. The largest absolute Gasteiger partial charge is 0.310 e. The van der Waals surface area contributed by atoms with E-state index in [9.17, 15) is 0 Å². The quantitative estimate of drug-likeness (QED) is 0.215. The van der Waals surface area contributed by atoms with Crippen LogP contribution in [0.1, 0.15) is 35.4 Å². The van der Waals surface area contributed by atoms with Gasteiger partial charge in [-0.05, 0) is 97.5 Å². The van der Waals surface area contributed by atoms with E-state index >= 15 is 0 Å². The summed E-state index contributed by atoms with van der Waals surface area (Å²) in [5.41, 5.74) is 10.8. The zero-order valence-corrected chi connectivity index (χ0v) is 22.3. The van der Waals surface area contributed by atoms with Gasteiger partial charge in [0.15, 0.2) is 0 Å². The second kappa shape index (κ2) is 8.08. The first-order valence-corrected chi connectivity index (χ1v) is 14.7. The maximum Gasteiger partial charge on any atom is 0.0542 e.